The molecule has 0 radical (unpaired) electrons. The fraction of sp³-hybridized carbons (Fsp3) is 0.625. The van der Waals surface area contributed by atoms with Crippen LogP contribution < -0.4 is 0 Å². The largest absolute Gasteiger partial charge is 0.0654 e. The number of unbranched alkanes of at least 4 members (excludes halogenated alkanes) is 3. The molecule has 0 spiro atoms. The van der Waals surface area contributed by atoms with E-state index in [1.165, 1.54) is 51.4 Å². The Morgan fingerprint density at radius 1 is 1.12 bits per heavy atom. The highest BCUT2D eigenvalue weighted by molar-refractivity contribution is 5.32. The summed E-state index contributed by atoms with van der Waals surface area (Å²) in [6, 6.07) is 9.09. The number of benzene rings is 1. The van der Waals surface area contributed by atoms with Crippen molar-refractivity contribution in [2.24, 2.45) is 0 Å². The fourth-order valence-electron chi connectivity index (χ4n) is 2.97. The van der Waals surface area contributed by atoms with Crippen LogP contribution in [0.3, 0.4) is 0 Å². The Balaban J connectivity index is 1.91. The van der Waals surface area contributed by atoms with Crippen molar-refractivity contribution in [2.45, 2.75) is 64.2 Å². The van der Waals surface area contributed by atoms with Crippen molar-refractivity contribution in [1.82, 2.24) is 0 Å². The zero-order valence-corrected chi connectivity index (χ0v) is 10.5. The molecule has 1 atom stereocenters. The Kier molecular flexibility index (Phi) is 4.44. The molecule has 16 heavy (non-hydrogen) atoms. The van der Waals surface area contributed by atoms with Crippen LogP contribution in [0.15, 0.2) is 24.3 Å². The third kappa shape index (κ3) is 2.87. The number of hydrogen-bond acceptors (Lipinski definition) is 0. The molecule has 88 valence electrons. The summed E-state index contributed by atoms with van der Waals surface area (Å²) >= 11 is 0. The zero-order chi connectivity index (χ0) is 11.2. The molecule has 0 aromatic heterocycles. The topological polar surface area (TPSA) is 0 Å². The lowest BCUT2D eigenvalue weighted by atomic mass is 9.80. The molecule has 0 N–H and O–H groups in total. The van der Waals surface area contributed by atoms with Crippen molar-refractivity contribution in [1.29, 1.82) is 0 Å². The number of aryl methyl sites for hydroxylation is 1. The van der Waals surface area contributed by atoms with E-state index in [0.717, 1.165) is 5.92 Å². The average molecular weight is 216 g/mol. The molecule has 1 aliphatic carbocycles. The number of fused-ring (bicyclic) bond motifs is 1. The summed E-state index contributed by atoms with van der Waals surface area (Å²) in [5, 5.41) is 0. The fourth-order valence-corrected chi connectivity index (χ4v) is 2.97. The summed E-state index contributed by atoms with van der Waals surface area (Å²) in [5.74, 6) is 0.863. The summed E-state index contributed by atoms with van der Waals surface area (Å²) in [4.78, 5) is 0. The van der Waals surface area contributed by atoms with Crippen LogP contribution in [-0.4, -0.2) is 0 Å². The summed E-state index contributed by atoms with van der Waals surface area (Å²) < 4.78 is 0. The zero-order valence-electron chi connectivity index (χ0n) is 10.5. The van der Waals surface area contributed by atoms with Crippen molar-refractivity contribution in [3.05, 3.63) is 35.4 Å². The highest BCUT2D eigenvalue weighted by Crippen LogP contribution is 2.34. The van der Waals surface area contributed by atoms with Gasteiger partial charge in [-0.2, -0.15) is 0 Å². The third-order valence-corrected chi connectivity index (χ3v) is 3.90. The van der Waals surface area contributed by atoms with Crippen molar-refractivity contribution in [3.63, 3.8) is 0 Å². The lowest BCUT2D eigenvalue weighted by molar-refractivity contribution is 0.489. The van der Waals surface area contributed by atoms with Crippen molar-refractivity contribution in [3.8, 4) is 0 Å². The Hall–Kier alpha value is -0.780. The average Bonchev–Trinajstić information content (AvgIpc) is 2.35. The van der Waals surface area contributed by atoms with E-state index in [2.05, 4.69) is 31.2 Å². The van der Waals surface area contributed by atoms with E-state index in [1.54, 1.807) is 11.1 Å². The van der Waals surface area contributed by atoms with Gasteiger partial charge in [-0.15, -0.1) is 0 Å². The van der Waals surface area contributed by atoms with Gasteiger partial charge < -0.3 is 0 Å². The maximum Gasteiger partial charge on any atom is -0.0159 e. The van der Waals surface area contributed by atoms with Gasteiger partial charge in [0.15, 0.2) is 0 Å². The van der Waals surface area contributed by atoms with E-state index >= 15 is 0 Å². The molecule has 0 saturated carbocycles. The van der Waals surface area contributed by atoms with Gasteiger partial charge >= 0.3 is 0 Å². The van der Waals surface area contributed by atoms with Gasteiger partial charge in [-0.25, -0.2) is 0 Å². The molecule has 2 rings (SSSR count). The van der Waals surface area contributed by atoms with Gasteiger partial charge in [-0.1, -0.05) is 56.9 Å². The van der Waals surface area contributed by atoms with Crippen LogP contribution in [0.1, 0.15) is 68.9 Å². The van der Waals surface area contributed by atoms with Crippen LogP contribution in [0.25, 0.3) is 0 Å². The first-order valence-corrected chi connectivity index (χ1v) is 6.99. The minimum atomic E-state index is 0.863. The predicted octanol–water partition coefficient (Wildman–Crippen LogP) is 5.08. The van der Waals surface area contributed by atoms with Crippen LogP contribution >= 0.6 is 0 Å². The molecule has 0 heterocycles. The molecule has 0 saturated heterocycles. The Morgan fingerprint density at radius 3 is 2.88 bits per heavy atom. The lowest BCUT2D eigenvalue weighted by Gasteiger charge is -2.25. The van der Waals surface area contributed by atoms with Gasteiger partial charge in [0.2, 0.25) is 0 Å². The van der Waals surface area contributed by atoms with Gasteiger partial charge in [0, 0.05) is 0 Å². The van der Waals surface area contributed by atoms with E-state index in [0.29, 0.717) is 0 Å². The van der Waals surface area contributed by atoms with E-state index in [1.807, 2.05) is 0 Å². The summed E-state index contributed by atoms with van der Waals surface area (Å²) in [7, 11) is 0. The van der Waals surface area contributed by atoms with Gasteiger partial charge in [0.25, 0.3) is 0 Å². The maximum atomic E-state index is 2.36. The molecule has 0 fully saturated rings. The van der Waals surface area contributed by atoms with Crippen molar-refractivity contribution < 1.29 is 0 Å². The molecule has 1 aromatic rings. The predicted molar refractivity (Wildman–Crippen MR) is 70.9 cm³/mol. The molecule has 0 bridgehead atoms. The molecular weight excluding hydrogens is 192 g/mol. The van der Waals surface area contributed by atoms with E-state index < -0.39 is 0 Å². The van der Waals surface area contributed by atoms with E-state index in [9.17, 15) is 0 Å². The van der Waals surface area contributed by atoms with Crippen LogP contribution in [-0.2, 0) is 6.42 Å². The number of rotatable bonds is 5. The normalized spacial score (nSPS) is 19.4. The maximum absolute atomic E-state index is 2.36. The van der Waals surface area contributed by atoms with Gasteiger partial charge in [0.1, 0.15) is 0 Å². The molecule has 1 aliphatic rings. The first-order chi connectivity index (χ1) is 7.92. The van der Waals surface area contributed by atoms with Gasteiger partial charge in [0.05, 0.1) is 0 Å². The molecule has 0 nitrogen and oxygen atoms in total. The standard InChI is InChI=1S/C16H24/c1-2-3-4-5-9-14-11-8-12-15-10-6-7-13-16(14)15/h6-7,10,13-14H,2-5,8-9,11-12H2,1H3. The molecule has 0 amide bonds. The summed E-state index contributed by atoms with van der Waals surface area (Å²) in [6.07, 6.45) is 11.1. The molecule has 1 unspecified atom stereocenters. The van der Waals surface area contributed by atoms with Crippen LogP contribution in [0.4, 0.5) is 0 Å². The Morgan fingerprint density at radius 2 is 2.00 bits per heavy atom. The Labute approximate surface area is 100 Å². The summed E-state index contributed by atoms with van der Waals surface area (Å²) in [6.45, 7) is 2.29. The van der Waals surface area contributed by atoms with Crippen LogP contribution in [0.2, 0.25) is 0 Å². The monoisotopic (exact) mass is 216 g/mol. The highest BCUT2D eigenvalue weighted by atomic mass is 14.2. The first-order valence-electron chi connectivity index (χ1n) is 6.99. The highest BCUT2D eigenvalue weighted by Gasteiger charge is 2.18. The Bertz CT molecular complexity index is 314. The second kappa shape index (κ2) is 6.08. The minimum Gasteiger partial charge on any atom is -0.0654 e. The second-order valence-electron chi connectivity index (χ2n) is 5.14. The first kappa shape index (κ1) is 11.7. The lowest BCUT2D eigenvalue weighted by Crippen LogP contribution is -2.09. The minimum absolute atomic E-state index is 0.863. The third-order valence-electron chi connectivity index (χ3n) is 3.90. The molecule has 0 heteroatoms. The van der Waals surface area contributed by atoms with Gasteiger partial charge in [-0.3, -0.25) is 0 Å². The molecule has 0 aliphatic heterocycles. The van der Waals surface area contributed by atoms with Crippen LogP contribution in [0.5, 0.6) is 0 Å². The SMILES string of the molecule is CCCCCCC1CCCc2ccccc21. The second-order valence-corrected chi connectivity index (χ2v) is 5.14. The van der Waals surface area contributed by atoms with E-state index in [-0.39, 0.29) is 0 Å². The van der Waals surface area contributed by atoms with Crippen molar-refractivity contribution >= 4 is 0 Å². The smallest absolute Gasteiger partial charge is 0.0159 e. The molecule has 1 aromatic carbocycles. The quantitative estimate of drug-likeness (QED) is 0.602. The summed E-state index contributed by atoms with van der Waals surface area (Å²) in [5.41, 5.74) is 3.28. The van der Waals surface area contributed by atoms with Crippen molar-refractivity contribution in [2.75, 3.05) is 0 Å². The molecular formula is C16H24. The van der Waals surface area contributed by atoms with Crippen LogP contribution in [0, 0.1) is 0 Å². The number of hydrogen-bond donors (Lipinski definition) is 0. The van der Waals surface area contributed by atoms with E-state index in [4.69, 9.17) is 0 Å². The van der Waals surface area contributed by atoms with Gasteiger partial charge in [-0.05, 0) is 42.7 Å².